The van der Waals surface area contributed by atoms with Crippen LogP contribution in [0.4, 0.5) is 13.2 Å². The zero-order valence-corrected chi connectivity index (χ0v) is 11.2. The fraction of sp³-hybridized carbons (Fsp3) is 0.833. The van der Waals surface area contributed by atoms with Crippen molar-refractivity contribution in [1.29, 1.82) is 0 Å². The molecule has 0 aliphatic carbocycles. The predicted molar refractivity (Wildman–Crippen MR) is 63.0 cm³/mol. The molecule has 1 N–H and O–H groups in total. The van der Waals surface area contributed by atoms with Crippen molar-refractivity contribution in [1.82, 2.24) is 4.90 Å². The van der Waals surface area contributed by atoms with Crippen molar-refractivity contribution >= 4 is 11.9 Å². The molecule has 1 rings (SSSR count). The van der Waals surface area contributed by atoms with Crippen molar-refractivity contribution in [3.8, 4) is 0 Å². The first kappa shape index (κ1) is 16.7. The molecule has 8 heteroatoms. The third-order valence-electron chi connectivity index (χ3n) is 3.23. The maximum absolute atomic E-state index is 11.9. The fourth-order valence-corrected chi connectivity index (χ4v) is 2.34. The number of carbonyl (C=O) groups excluding carboxylic acids is 1. The number of aliphatic carboxylic acids is 1. The number of hydrogen-bond acceptors (Lipinski definition) is 3. The number of nitrogens with zero attached hydrogens (tertiary/aromatic N) is 1. The minimum absolute atomic E-state index is 0.165. The van der Waals surface area contributed by atoms with Crippen LogP contribution in [0.15, 0.2) is 0 Å². The normalized spacial score (nSPS) is 23.7. The highest BCUT2D eigenvalue weighted by molar-refractivity contribution is 5.84. The summed E-state index contributed by atoms with van der Waals surface area (Å²) in [5.74, 6) is -1.73. The highest BCUT2D eigenvalue weighted by Crippen LogP contribution is 2.24. The van der Waals surface area contributed by atoms with Gasteiger partial charge in [-0.15, -0.1) is 0 Å². The summed E-state index contributed by atoms with van der Waals surface area (Å²) in [6.07, 6.45) is -3.26. The zero-order valence-electron chi connectivity index (χ0n) is 11.2. The highest BCUT2D eigenvalue weighted by Gasteiger charge is 2.36. The molecule has 0 radical (unpaired) electrons. The number of alkyl halides is 3. The molecule has 5 nitrogen and oxygen atoms in total. The first-order valence-corrected chi connectivity index (χ1v) is 6.39. The van der Waals surface area contributed by atoms with Gasteiger partial charge in [-0.05, 0) is 18.8 Å². The second-order valence-electron chi connectivity index (χ2n) is 4.91. The molecule has 0 bridgehead atoms. The van der Waals surface area contributed by atoms with E-state index in [-0.39, 0.29) is 18.9 Å². The Morgan fingerprint density at radius 1 is 1.40 bits per heavy atom. The van der Waals surface area contributed by atoms with Crippen molar-refractivity contribution in [2.24, 2.45) is 5.92 Å². The molecule has 116 valence electrons. The van der Waals surface area contributed by atoms with Crippen LogP contribution in [0.3, 0.4) is 0 Å². The first-order chi connectivity index (χ1) is 9.22. The number of ether oxygens (including phenoxy) is 1. The second-order valence-corrected chi connectivity index (χ2v) is 4.91. The third kappa shape index (κ3) is 4.99. The van der Waals surface area contributed by atoms with Crippen LogP contribution >= 0.6 is 0 Å². The molecule has 1 amide bonds. The maximum atomic E-state index is 11.9. The van der Waals surface area contributed by atoms with Crippen molar-refractivity contribution in [2.45, 2.75) is 38.4 Å². The largest absolute Gasteiger partial charge is 0.480 e. The van der Waals surface area contributed by atoms with E-state index in [0.717, 1.165) is 0 Å². The first-order valence-electron chi connectivity index (χ1n) is 6.39. The number of carboxylic acid groups (broad SMARTS) is 1. The van der Waals surface area contributed by atoms with Gasteiger partial charge in [0.2, 0.25) is 5.91 Å². The summed E-state index contributed by atoms with van der Waals surface area (Å²) in [6.45, 7) is 0.298. The summed E-state index contributed by atoms with van der Waals surface area (Å²) in [5, 5.41) is 9.13. The molecule has 1 heterocycles. The second kappa shape index (κ2) is 6.92. The van der Waals surface area contributed by atoms with Gasteiger partial charge in [-0.2, -0.15) is 13.2 Å². The molecule has 0 aromatic rings. The SMILES string of the molecule is CC1CCCN(C(=O)CCOCC(F)(F)F)C1C(=O)O. The Kier molecular flexibility index (Phi) is 5.79. The van der Waals surface area contributed by atoms with Crippen LogP contribution < -0.4 is 0 Å². The summed E-state index contributed by atoms with van der Waals surface area (Å²) < 4.78 is 39.9. The summed E-state index contributed by atoms with van der Waals surface area (Å²) in [6, 6.07) is -0.904. The molecule has 0 saturated carbocycles. The molecule has 1 aliphatic heterocycles. The van der Waals surface area contributed by atoms with Gasteiger partial charge >= 0.3 is 12.1 Å². The molecule has 0 aromatic heterocycles. The molecule has 1 saturated heterocycles. The third-order valence-corrected chi connectivity index (χ3v) is 3.23. The maximum Gasteiger partial charge on any atom is 0.411 e. The van der Waals surface area contributed by atoms with Gasteiger partial charge in [0.25, 0.3) is 0 Å². The monoisotopic (exact) mass is 297 g/mol. The Balaban J connectivity index is 2.46. The number of carboxylic acids is 1. The highest BCUT2D eigenvalue weighted by atomic mass is 19.4. The van der Waals surface area contributed by atoms with Crippen LogP contribution in [0.2, 0.25) is 0 Å². The van der Waals surface area contributed by atoms with Crippen molar-refractivity contribution in [3.05, 3.63) is 0 Å². The molecular formula is C12H18F3NO4. The van der Waals surface area contributed by atoms with Crippen LogP contribution in [0, 0.1) is 5.92 Å². The van der Waals surface area contributed by atoms with Gasteiger partial charge in [0, 0.05) is 6.54 Å². The van der Waals surface area contributed by atoms with Crippen molar-refractivity contribution in [2.75, 3.05) is 19.8 Å². The van der Waals surface area contributed by atoms with E-state index in [1.54, 1.807) is 6.92 Å². The lowest BCUT2D eigenvalue weighted by Gasteiger charge is -2.37. The number of likely N-dealkylation sites (tertiary alicyclic amines) is 1. The summed E-state index contributed by atoms with van der Waals surface area (Å²) >= 11 is 0. The number of halogens is 3. The van der Waals surface area contributed by atoms with E-state index in [4.69, 9.17) is 5.11 Å². The van der Waals surface area contributed by atoms with E-state index in [9.17, 15) is 22.8 Å². The Morgan fingerprint density at radius 3 is 2.60 bits per heavy atom. The minimum atomic E-state index is -4.42. The van der Waals surface area contributed by atoms with E-state index < -0.39 is 30.7 Å². The van der Waals surface area contributed by atoms with E-state index in [2.05, 4.69) is 4.74 Å². The average Bonchev–Trinajstić information content (AvgIpc) is 2.32. The fourth-order valence-electron chi connectivity index (χ4n) is 2.34. The quantitative estimate of drug-likeness (QED) is 0.784. The molecule has 2 unspecified atom stereocenters. The Bertz CT molecular complexity index is 359. The lowest BCUT2D eigenvalue weighted by atomic mass is 9.90. The molecule has 1 aliphatic rings. The lowest BCUT2D eigenvalue weighted by molar-refractivity contribution is -0.175. The smallest absolute Gasteiger partial charge is 0.411 e. The van der Waals surface area contributed by atoms with Crippen molar-refractivity contribution in [3.63, 3.8) is 0 Å². The molecular weight excluding hydrogens is 279 g/mol. The summed E-state index contributed by atoms with van der Waals surface area (Å²) in [5.41, 5.74) is 0. The van der Waals surface area contributed by atoms with Gasteiger partial charge < -0.3 is 14.7 Å². The zero-order chi connectivity index (χ0) is 15.3. The van der Waals surface area contributed by atoms with E-state index >= 15 is 0 Å². The van der Waals surface area contributed by atoms with Gasteiger partial charge in [-0.1, -0.05) is 6.92 Å². The Morgan fingerprint density at radius 2 is 2.05 bits per heavy atom. The molecule has 20 heavy (non-hydrogen) atoms. The van der Waals surface area contributed by atoms with Gasteiger partial charge in [-0.3, -0.25) is 4.79 Å². The number of piperidine rings is 1. The van der Waals surface area contributed by atoms with Gasteiger partial charge in [0.15, 0.2) is 0 Å². The number of amides is 1. The van der Waals surface area contributed by atoms with Crippen LogP contribution in [-0.2, 0) is 14.3 Å². The average molecular weight is 297 g/mol. The molecule has 0 spiro atoms. The van der Waals surface area contributed by atoms with Crippen LogP contribution in [0.1, 0.15) is 26.2 Å². The topological polar surface area (TPSA) is 66.8 Å². The van der Waals surface area contributed by atoms with Gasteiger partial charge in [0.05, 0.1) is 13.0 Å². The summed E-state index contributed by atoms with van der Waals surface area (Å²) in [7, 11) is 0. The van der Waals surface area contributed by atoms with E-state index in [1.807, 2.05) is 0 Å². The predicted octanol–water partition coefficient (Wildman–Crippen LogP) is 1.67. The number of hydrogen-bond donors (Lipinski definition) is 1. The minimum Gasteiger partial charge on any atom is -0.480 e. The van der Waals surface area contributed by atoms with E-state index in [1.165, 1.54) is 4.90 Å². The van der Waals surface area contributed by atoms with Crippen LogP contribution in [-0.4, -0.2) is 53.9 Å². The molecule has 0 aromatic carbocycles. The lowest BCUT2D eigenvalue weighted by Crippen LogP contribution is -2.52. The summed E-state index contributed by atoms with van der Waals surface area (Å²) in [4.78, 5) is 24.3. The van der Waals surface area contributed by atoms with Gasteiger partial charge in [0.1, 0.15) is 12.6 Å². The van der Waals surface area contributed by atoms with Crippen LogP contribution in [0.5, 0.6) is 0 Å². The standard InChI is InChI=1S/C12H18F3NO4/c1-8-3-2-5-16(10(8)11(18)19)9(17)4-6-20-7-12(13,14)15/h8,10H,2-7H2,1H3,(H,18,19). The number of rotatable bonds is 5. The number of carbonyl (C=O) groups is 2. The molecule has 1 fully saturated rings. The van der Waals surface area contributed by atoms with Crippen molar-refractivity contribution < 1.29 is 32.6 Å². The Labute approximate surface area is 114 Å². The molecule has 2 atom stereocenters. The van der Waals surface area contributed by atoms with Gasteiger partial charge in [-0.25, -0.2) is 4.79 Å². The van der Waals surface area contributed by atoms with Crippen LogP contribution in [0.25, 0.3) is 0 Å². The Hall–Kier alpha value is -1.31. The van der Waals surface area contributed by atoms with E-state index in [0.29, 0.717) is 19.4 Å².